The molecule has 0 unspecified atom stereocenters. The lowest BCUT2D eigenvalue weighted by Gasteiger charge is -2.19. The molecule has 2 atom stereocenters. The highest BCUT2D eigenvalue weighted by molar-refractivity contribution is 5.95. The number of likely N-dealkylation sites (N-methyl/N-ethyl adjacent to an activating group) is 1. The third kappa shape index (κ3) is 3.32. The van der Waals surface area contributed by atoms with Crippen molar-refractivity contribution in [3.63, 3.8) is 0 Å². The molecule has 0 spiro atoms. The Hall–Kier alpha value is -2.37. The average molecular weight is 351 g/mol. The van der Waals surface area contributed by atoms with Gasteiger partial charge in [-0.05, 0) is 42.8 Å². The molecule has 2 aliphatic heterocycles. The molecule has 1 amide bonds. The van der Waals surface area contributed by atoms with Gasteiger partial charge >= 0.3 is 0 Å². The number of rotatable bonds is 4. The third-order valence-corrected chi connectivity index (χ3v) is 5.55. The largest absolute Gasteiger partial charge is 0.395 e. The number of aliphatic hydroxyl groups excluding tert-OH is 1. The van der Waals surface area contributed by atoms with Crippen LogP contribution in [0.4, 0.5) is 5.69 Å². The maximum atomic E-state index is 12.7. The molecule has 4 rings (SSSR count). The van der Waals surface area contributed by atoms with Gasteiger partial charge in [0.05, 0.1) is 6.61 Å². The third-order valence-electron chi connectivity index (χ3n) is 5.55. The van der Waals surface area contributed by atoms with Gasteiger partial charge in [0.2, 0.25) is 0 Å². The Labute approximate surface area is 154 Å². The Morgan fingerprint density at radius 3 is 2.54 bits per heavy atom. The molecule has 26 heavy (non-hydrogen) atoms. The Balaban J connectivity index is 1.44. The van der Waals surface area contributed by atoms with Crippen molar-refractivity contribution in [1.29, 1.82) is 0 Å². The summed E-state index contributed by atoms with van der Waals surface area (Å²) < 4.78 is 0. The number of aliphatic hydroxyl groups is 1. The van der Waals surface area contributed by atoms with Gasteiger partial charge in [-0.2, -0.15) is 0 Å². The zero-order valence-corrected chi connectivity index (χ0v) is 15.1. The standard InChI is InChI=1S/C21H25N3O2/c1-23-13-18(10-20(23)14-25)22-21(26)15-7-4-8-19(9-15)24-11-16-5-2-3-6-17(16)12-24/h2-9,18,20,25H,10-14H2,1H3,(H,22,26)/t18-,20+/m1/s1. The number of carbonyl (C=O) groups is 1. The summed E-state index contributed by atoms with van der Waals surface area (Å²) in [5.41, 5.74) is 4.47. The van der Waals surface area contributed by atoms with E-state index in [0.29, 0.717) is 5.56 Å². The van der Waals surface area contributed by atoms with E-state index in [-0.39, 0.29) is 24.6 Å². The first-order valence-corrected chi connectivity index (χ1v) is 9.18. The van der Waals surface area contributed by atoms with Crippen molar-refractivity contribution in [3.05, 3.63) is 65.2 Å². The second-order valence-electron chi connectivity index (χ2n) is 7.36. The normalized spacial score (nSPS) is 22.5. The van der Waals surface area contributed by atoms with Crippen LogP contribution in [-0.4, -0.2) is 48.2 Å². The summed E-state index contributed by atoms with van der Waals surface area (Å²) >= 11 is 0. The van der Waals surface area contributed by atoms with E-state index in [0.717, 1.165) is 31.7 Å². The zero-order chi connectivity index (χ0) is 18.1. The van der Waals surface area contributed by atoms with Crippen molar-refractivity contribution in [2.45, 2.75) is 31.6 Å². The van der Waals surface area contributed by atoms with Crippen LogP contribution in [0.25, 0.3) is 0 Å². The van der Waals surface area contributed by atoms with Crippen LogP contribution >= 0.6 is 0 Å². The van der Waals surface area contributed by atoms with Crippen molar-refractivity contribution in [3.8, 4) is 0 Å². The molecule has 0 bridgehead atoms. The summed E-state index contributed by atoms with van der Waals surface area (Å²) in [6.07, 6.45) is 0.792. The molecule has 136 valence electrons. The zero-order valence-electron chi connectivity index (χ0n) is 15.1. The van der Waals surface area contributed by atoms with E-state index in [1.54, 1.807) is 0 Å². The molecule has 0 aliphatic carbocycles. The number of anilines is 1. The van der Waals surface area contributed by atoms with Crippen molar-refractivity contribution >= 4 is 11.6 Å². The molecule has 0 radical (unpaired) electrons. The molecule has 5 heteroatoms. The van der Waals surface area contributed by atoms with Gasteiger partial charge in [-0.15, -0.1) is 0 Å². The molecule has 1 saturated heterocycles. The molecule has 2 heterocycles. The lowest BCUT2D eigenvalue weighted by molar-refractivity contribution is 0.0938. The minimum absolute atomic E-state index is 0.0412. The van der Waals surface area contributed by atoms with Gasteiger partial charge in [0, 0.05) is 43.0 Å². The molecular weight excluding hydrogens is 326 g/mol. The van der Waals surface area contributed by atoms with Gasteiger partial charge in [-0.3, -0.25) is 9.69 Å². The van der Waals surface area contributed by atoms with Crippen molar-refractivity contribution in [2.24, 2.45) is 0 Å². The summed E-state index contributed by atoms with van der Waals surface area (Å²) in [7, 11) is 1.98. The number of hydrogen-bond donors (Lipinski definition) is 2. The number of carbonyl (C=O) groups excluding carboxylic acids is 1. The van der Waals surface area contributed by atoms with Gasteiger partial charge in [-0.1, -0.05) is 30.3 Å². The predicted octanol–water partition coefficient (Wildman–Crippen LogP) is 2.00. The van der Waals surface area contributed by atoms with E-state index in [9.17, 15) is 9.90 Å². The lowest BCUT2D eigenvalue weighted by Crippen LogP contribution is -2.36. The molecule has 0 saturated carbocycles. The average Bonchev–Trinajstić information content (AvgIpc) is 3.24. The van der Waals surface area contributed by atoms with Crippen LogP contribution in [0.5, 0.6) is 0 Å². The van der Waals surface area contributed by atoms with Crippen molar-refractivity contribution < 1.29 is 9.90 Å². The highest BCUT2D eigenvalue weighted by atomic mass is 16.3. The number of hydrogen-bond acceptors (Lipinski definition) is 4. The number of amides is 1. The number of benzene rings is 2. The Morgan fingerprint density at radius 2 is 1.88 bits per heavy atom. The SMILES string of the molecule is CN1C[C@H](NC(=O)c2cccc(N3Cc4ccccc4C3)c2)C[C@H]1CO. The maximum absolute atomic E-state index is 12.7. The lowest BCUT2D eigenvalue weighted by atomic mass is 10.1. The van der Waals surface area contributed by atoms with E-state index < -0.39 is 0 Å². The summed E-state index contributed by atoms with van der Waals surface area (Å²) in [4.78, 5) is 17.1. The topological polar surface area (TPSA) is 55.8 Å². The van der Waals surface area contributed by atoms with Crippen molar-refractivity contribution in [1.82, 2.24) is 10.2 Å². The second kappa shape index (κ2) is 7.09. The Morgan fingerprint density at radius 1 is 1.15 bits per heavy atom. The first-order chi connectivity index (χ1) is 12.6. The van der Waals surface area contributed by atoms with Crippen molar-refractivity contribution in [2.75, 3.05) is 25.1 Å². The molecule has 2 aromatic carbocycles. The molecule has 2 aromatic rings. The van der Waals surface area contributed by atoms with Gasteiger partial charge in [0.25, 0.3) is 5.91 Å². The van der Waals surface area contributed by atoms with Crippen LogP contribution < -0.4 is 10.2 Å². The van der Waals surface area contributed by atoms with Crippen LogP contribution in [0.15, 0.2) is 48.5 Å². The monoisotopic (exact) mass is 351 g/mol. The van der Waals surface area contributed by atoms with Gasteiger partial charge in [0.1, 0.15) is 0 Å². The highest BCUT2D eigenvalue weighted by Crippen LogP contribution is 2.28. The maximum Gasteiger partial charge on any atom is 0.251 e. The molecule has 2 aliphatic rings. The van der Waals surface area contributed by atoms with E-state index in [4.69, 9.17) is 0 Å². The number of nitrogens with zero attached hydrogens (tertiary/aromatic N) is 2. The van der Waals surface area contributed by atoms with Crippen LogP contribution in [0.3, 0.4) is 0 Å². The van der Waals surface area contributed by atoms with E-state index >= 15 is 0 Å². The van der Waals surface area contributed by atoms with Gasteiger partial charge < -0.3 is 15.3 Å². The minimum atomic E-state index is -0.0412. The second-order valence-corrected chi connectivity index (χ2v) is 7.36. The molecule has 2 N–H and O–H groups in total. The fourth-order valence-electron chi connectivity index (χ4n) is 4.03. The summed E-state index contributed by atoms with van der Waals surface area (Å²) in [5, 5.41) is 12.5. The Kier molecular flexibility index (Phi) is 4.66. The quantitative estimate of drug-likeness (QED) is 0.885. The minimum Gasteiger partial charge on any atom is -0.395 e. The van der Waals surface area contributed by atoms with E-state index in [2.05, 4.69) is 45.4 Å². The van der Waals surface area contributed by atoms with Crippen LogP contribution in [0.2, 0.25) is 0 Å². The fraction of sp³-hybridized carbons (Fsp3) is 0.381. The van der Waals surface area contributed by atoms with E-state index in [1.807, 2.05) is 25.2 Å². The number of nitrogens with one attached hydrogen (secondary N) is 1. The molecule has 1 fully saturated rings. The smallest absolute Gasteiger partial charge is 0.251 e. The molecular formula is C21H25N3O2. The highest BCUT2D eigenvalue weighted by Gasteiger charge is 2.30. The first kappa shape index (κ1) is 17.1. The van der Waals surface area contributed by atoms with Gasteiger partial charge in [-0.25, -0.2) is 0 Å². The molecule has 0 aromatic heterocycles. The number of likely N-dealkylation sites (tertiary alicyclic amines) is 1. The summed E-state index contributed by atoms with van der Waals surface area (Å²) in [5.74, 6) is -0.0412. The predicted molar refractivity (Wildman–Crippen MR) is 102 cm³/mol. The number of fused-ring (bicyclic) bond motifs is 1. The first-order valence-electron chi connectivity index (χ1n) is 9.18. The van der Waals surface area contributed by atoms with Gasteiger partial charge in [0.15, 0.2) is 0 Å². The molecule has 5 nitrogen and oxygen atoms in total. The Bertz CT molecular complexity index is 782. The van der Waals surface area contributed by atoms with Crippen LogP contribution in [0, 0.1) is 0 Å². The summed E-state index contributed by atoms with van der Waals surface area (Å²) in [6.45, 7) is 2.67. The fourth-order valence-corrected chi connectivity index (χ4v) is 4.03. The van der Waals surface area contributed by atoms with Crippen LogP contribution in [-0.2, 0) is 13.1 Å². The summed E-state index contributed by atoms with van der Waals surface area (Å²) in [6, 6.07) is 16.6. The van der Waals surface area contributed by atoms with Crippen LogP contribution in [0.1, 0.15) is 27.9 Å². The van der Waals surface area contributed by atoms with E-state index in [1.165, 1.54) is 11.1 Å².